The van der Waals surface area contributed by atoms with Crippen LogP contribution < -0.4 is 16.6 Å². The van der Waals surface area contributed by atoms with Gasteiger partial charge < -0.3 is 15.7 Å². The molecule has 0 aliphatic rings. The summed E-state index contributed by atoms with van der Waals surface area (Å²) in [6.45, 7) is 0.180. The number of nitrogen functional groups attached to an aromatic ring is 1. The number of benzene rings is 1. The molecule has 0 aliphatic carbocycles. The third-order valence-corrected chi connectivity index (χ3v) is 2.44. The predicted octanol–water partition coefficient (Wildman–Crippen LogP) is 0.904. The molecular weight excluding hydrogens is 256 g/mol. The Morgan fingerprint density at radius 3 is 2.58 bits per heavy atom. The molecule has 100 valence electrons. The first-order valence-electron chi connectivity index (χ1n) is 5.33. The molecule has 0 saturated carbocycles. The van der Waals surface area contributed by atoms with E-state index in [0.29, 0.717) is 5.69 Å². The maximum Gasteiger partial charge on any atom is 0.251 e. The second kappa shape index (κ2) is 5.44. The normalized spacial score (nSPS) is 10.3. The number of H-pyrrole nitrogens is 1. The van der Waals surface area contributed by atoms with Crippen LogP contribution in [0.25, 0.3) is 0 Å². The molecule has 1 aromatic heterocycles. The quantitative estimate of drug-likeness (QED) is 0.489. The van der Waals surface area contributed by atoms with E-state index in [2.05, 4.69) is 15.3 Å². The first-order chi connectivity index (χ1) is 9.11. The van der Waals surface area contributed by atoms with Crippen molar-refractivity contribution in [3.05, 3.63) is 47.5 Å². The van der Waals surface area contributed by atoms with Crippen molar-refractivity contribution in [3.63, 3.8) is 0 Å². The zero-order valence-electron chi connectivity index (χ0n) is 9.71. The molecule has 8 heteroatoms. The Morgan fingerprint density at radius 2 is 2.05 bits per heavy atom. The van der Waals surface area contributed by atoms with E-state index in [1.54, 1.807) is 0 Å². The number of carbonyl (C=O) groups is 1. The van der Waals surface area contributed by atoms with Gasteiger partial charge in [-0.05, 0) is 12.1 Å². The summed E-state index contributed by atoms with van der Waals surface area (Å²) >= 11 is 0. The highest BCUT2D eigenvalue weighted by Gasteiger charge is 2.14. The highest BCUT2D eigenvalue weighted by molar-refractivity contribution is 5.94. The molecule has 0 radical (unpaired) electrons. The smallest absolute Gasteiger partial charge is 0.251 e. The van der Waals surface area contributed by atoms with Crippen LogP contribution in [-0.2, 0) is 6.54 Å². The number of rotatable bonds is 4. The van der Waals surface area contributed by atoms with E-state index >= 15 is 0 Å². The van der Waals surface area contributed by atoms with Gasteiger partial charge >= 0.3 is 0 Å². The molecule has 0 bridgehead atoms. The Labute approximate surface area is 107 Å². The number of carbonyl (C=O) groups excluding carboxylic acids is 1. The number of hydrogen-bond acceptors (Lipinski definition) is 4. The number of nitrogens with one attached hydrogen (secondary N) is 3. The van der Waals surface area contributed by atoms with Crippen LogP contribution in [0.2, 0.25) is 0 Å². The largest absolute Gasteiger partial charge is 0.347 e. The summed E-state index contributed by atoms with van der Waals surface area (Å²) in [5, 5.41) is 2.50. The Kier molecular flexibility index (Phi) is 3.71. The van der Waals surface area contributed by atoms with E-state index < -0.39 is 23.2 Å². The Morgan fingerprint density at radius 1 is 1.37 bits per heavy atom. The monoisotopic (exact) mass is 267 g/mol. The first-order valence-corrected chi connectivity index (χ1v) is 5.33. The average Bonchev–Trinajstić information content (AvgIpc) is 2.88. The molecule has 0 aliphatic heterocycles. The van der Waals surface area contributed by atoms with Crippen LogP contribution in [0.15, 0.2) is 24.7 Å². The van der Waals surface area contributed by atoms with E-state index in [1.807, 2.05) is 5.43 Å². The van der Waals surface area contributed by atoms with Gasteiger partial charge in [-0.3, -0.25) is 10.6 Å². The van der Waals surface area contributed by atoms with Gasteiger partial charge in [0, 0.05) is 11.8 Å². The zero-order chi connectivity index (χ0) is 13.8. The van der Waals surface area contributed by atoms with Crippen molar-refractivity contribution in [2.45, 2.75) is 6.54 Å². The lowest BCUT2D eigenvalue weighted by Gasteiger charge is -2.07. The van der Waals surface area contributed by atoms with E-state index in [1.165, 1.54) is 12.5 Å². The van der Waals surface area contributed by atoms with Gasteiger partial charge in [0.15, 0.2) is 11.6 Å². The highest BCUT2D eigenvalue weighted by atomic mass is 19.1. The minimum atomic E-state index is -0.936. The number of halogens is 2. The third kappa shape index (κ3) is 2.86. The summed E-state index contributed by atoms with van der Waals surface area (Å²) < 4.78 is 26.8. The summed E-state index contributed by atoms with van der Waals surface area (Å²) in [6.07, 6.45) is 2.99. The summed E-state index contributed by atoms with van der Waals surface area (Å²) in [5.74, 6) is 2.49. The predicted molar refractivity (Wildman–Crippen MR) is 63.9 cm³/mol. The van der Waals surface area contributed by atoms with Crippen LogP contribution in [0.4, 0.5) is 14.5 Å². The lowest BCUT2D eigenvalue weighted by Crippen LogP contribution is -2.23. The molecule has 19 heavy (non-hydrogen) atoms. The van der Waals surface area contributed by atoms with Gasteiger partial charge in [-0.2, -0.15) is 0 Å². The third-order valence-electron chi connectivity index (χ3n) is 2.44. The number of aromatic amines is 1. The van der Waals surface area contributed by atoms with Gasteiger partial charge in [0.1, 0.15) is 5.69 Å². The molecule has 1 aromatic carbocycles. The van der Waals surface area contributed by atoms with Crippen molar-refractivity contribution < 1.29 is 13.6 Å². The number of anilines is 1. The van der Waals surface area contributed by atoms with Crippen LogP contribution in [0.5, 0.6) is 0 Å². The van der Waals surface area contributed by atoms with E-state index in [-0.39, 0.29) is 12.1 Å². The SMILES string of the molecule is NNc1c(F)cc(C(=O)NCc2cnc[nH]2)cc1F. The molecule has 0 spiro atoms. The van der Waals surface area contributed by atoms with Crippen LogP contribution in [0.1, 0.15) is 16.1 Å². The van der Waals surface area contributed by atoms with Crippen LogP contribution >= 0.6 is 0 Å². The van der Waals surface area contributed by atoms with Crippen LogP contribution in [0, 0.1) is 11.6 Å². The van der Waals surface area contributed by atoms with Crippen molar-refractivity contribution >= 4 is 11.6 Å². The van der Waals surface area contributed by atoms with Gasteiger partial charge in [0.05, 0.1) is 18.6 Å². The van der Waals surface area contributed by atoms with E-state index in [0.717, 1.165) is 12.1 Å². The van der Waals surface area contributed by atoms with E-state index in [9.17, 15) is 13.6 Å². The van der Waals surface area contributed by atoms with Gasteiger partial charge in [-0.15, -0.1) is 0 Å². The molecular formula is C11H11F2N5O. The molecule has 0 atom stereocenters. The summed E-state index contributed by atoms with van der Waals surface area (Å²) in [5.41, 5.74) is 1.95. The van der Waals surface area contributed by atoms with Crippen molar-refractivity contribution in [2.24, 2.45) is 5.84 Å². The summed E-state index contributed by atoms with van der Waals surface area (Å²) in [4.78, 5) is 18.3. The average molecular weight is 267 g/mol. The summed E-state index contributed by atoms with van der Waals surface area (Å²) in [6, 6.07) is 1.81. The van der Waals surface area contributed by atoms with Gasteiger partial charge in [-0.1, -0.05) is 0 Å². The van der Waals surface area contributed by atoms with Gasteiger partial charge in [0.25, 0.3) is 5.91 Å². The van der Waals surface area contributed by atoms with E-state index in [4.69, 9.17) is 5.84 Å². The highest BCUT2D eigenvalue weighted by Crippen LogP contribution is 2.19. The molecule has 2 rings (SSSR count). The second-order valence-electron chi connectivity index (χ2n) is 3.72. The number of aromatic nitrogens is 2. The van der Waals surface area contributed by atoms with Crippen LogP contribution in [-0.4, -0.2) is 15.9 Å². The number of nitrogens with zero attached hydrogens (tertiary/aromatic N) is 1. The minimum Gasteiger partial charge on any atom is -0.347 e. The molecule has 0 unspecified atom stereocenters. The minimum absolute atomic E-state index is 0.131. The molecule has 1 amide bonds. The van der Waals surface area contributed by atoms with Crippen LogP contribution in [0.3, 0.4) is 0 Å². The van der Waals surface area contributed by atoms with Gasteiger partial charge in [0.2, 0.25) is 0 Å². The number of amides is 1. The fourth-order valence-electron chi connectivity index (χ4n) is 1.50. The first kappa shape index (κ1) is 13.0. The van der Waals surface area contributed by atoms with Crippen molar-refractivity contribution in [2.75, 3.05) is 5.43 Å². The van der Waals surface area contributed by atoms with Crippen molar-refractivity contribution in [1.82, 2.24) is 15.3 Å². The maximum absolute atomic E-state index is 13.4. The summed E-state index contributed by atoms with van der Waals surface area (Å²) in [7, 11) is 0. The molecule has 0 saturated heterocycles. The number of hydrogen-bond donors (Lipinski definition) is 4. The molecule has 2 aromatic rings. The number of imidazole rings is 1. The lowest BCUT2D eigenvalue weighted by molar-refractivity contribution is 0.0949. The Hall–Kier alpha value is -2.48. The maximum atomic E-state index is 13.4. The zero-order valence-corrected chi connectivity index (χ0v) is 9.71. The number of hydrazine groups is 1. The van der Waals surface area contributed by atoms with Crippen molar-refractivity contribution in [1.29, 1.82) is 0 Å². The Balaban J connectivity index is 2.11. The second-order valence-corrected chi connectivity index (χ2v) is 3.72. The molecule has 5 N–H and O–H groups in total. The fraction of sp³-hybridized carbons (Fsp3) is 0.0909. The standard InChI is InChI=1S/C11H11F2N5O/c12-8-1-6(2-9(13)10(8)18-14)11(19)16-4-7-3-15-5-17-7/h1-3,5,18H,4,14H2,(H,15,17)(H,16,19). The lowest BCUT2D eigenvalue weighted by atomic mass is 10.1. The van der Waals surface area contributed by atoms with Crippen molar-refractivity contribution in [3.8, 4) is 0 Å². The Bertz CT molecular complexity index is 562. The molecule has 0 fully saturated rings. The topological polar surface area (TPSA) is 95.8 Å². The molecule has 6 nitrogen and oxygen atoms in total. The fourth-order valence-corrected chi connectivity index (χ4v) is 1.50. The van der Waals surface area contributed by atoms with Gasteiger partial charge in [-0.25, -0.2) is 13.8 Å². The number of nitrogens with two attached hydrogens (primary N) is 1. The molecule has 1 heterocycles.